The molecule has 1 aromatic heterocycles. The number of ether oxygens (including phenoxy) is 1. The van der Waals surface area contributed by atoms with Gasteiger partial charge in [0.15, 0.2) is 11.8 Å². The van der Waals surface area contributed by atoms with E-state index in [0.717, 1.165) is 69.8 Å². The third kappa shape index (κ3) is 8.95. The van der Waals surface area contributed by atoms with Crippen LogP contribution in [0.5, 0.6) is 0 Å². The van der Waals surface area contributed by atoms with Gasteiger partial charge >= 0.3 is 0 Å². The van der Waals surface area contributed by atoms with Crippen LogP contribution in [0.25, 0.3) is 0 Å². The summed E-state index contributed by atoms with van der Waals surface area (Å²) in [6.45, 7) is 16.2. The van der Waals surface area contributed by atoms with Gasteiger partial charge in [0.25, 0.3) is 0 Å². The van der Waals surface area contributed by atoms with Gasteiger partial charge in [0.05, 0.1) is 12.7 Å². The number of hydrogen-bond acceptors (Lipinski definition) is 6. The number of nitrogens with one attached hydrogen (secondary N) is 2. The molecule has 190 valence electrons. The van der Waals surface area contributed by atoms with Crippen molar-refractivity contribution in [2.45, 2.75) is 78.1 Å². The van der Waals surface area contributed by atoms with E-state index < -0.39 is 0 Å². The van der Waals surface area contributed by atoms with E-state index in [9.17, 15) is 0 Å². The predicted octanol–water partition coefficient (Wildman–Crippen LogP) is 2.15. The van der Waals surface area contributed by atoms with Crippen LogP contribution in [0.1, 0.15) is 58.1 Å². The normalized spacial score (nSPS) is 20.9. The van der Waals surface area contributed by atoms with E-state index in [1.807, 2.05) is 18.5 Å². The molecule has 0 saturated carbocycles. The molecule has 0 amide bonds. The summed E-state index contributed by atoms with van der Waals surface area (Å²) in [5.41, 5.74) is 0. The number of guanidine groups is 1. The molecule has 3 heterocycles. The van der Waals surface area contributed by atoms with Crippen LogP contribution in [-0.4, -0.2) is 94.6 Å². The second-order valence-corrected chi connectivity index (χ2v) is 9.37. The van der Waals surface area contributed by atoms with Crippen molar-refractivity contribution in [1.29, 1.82) is 0 Å². The number of aliphatic imine (C=N–C) groups is 1. The lowest BCUT2D eigenvalue weighted by atomic mass is 10.1. The molecule has 1 aromatic rings. The van der Waals surface area contributed by atoms with Gasteiger partial charge in [-0.15, -0.1) is 34.2 Å². The Hall–Kier alpha value is -0.980. The molecule has 10 heteroatoms. The first-order chi connectivity index (χ1) is 15.5. The minimum Gasteiger partial charge on any atom is -0.377 e. The molecule has 2 saturated heterocycles. The fourth-order valence-electron chi connectivity index (χ4n) is 4.56. The van der Waals surface area contributed by atoms with E-state index in [0.29, 0.717) is 24.7 Å². The second-order valence-electron chi connectivity index (χ2n) is 9.37. The molecule has 2 N–H and O–H groups in total. The maximum Gasteiger partial charge on any atom is 0.191 e. The van der Waals surface area contributed by atoms with Gasteiger partial charge in [-0.3, -0.25) is 4.90 Å². The number of halogens is 1. The third-order valence-corrected chi connectivity index (χ3v) is 6.76. The highest BCUT2D eigenvalue weighted by atomic mass is 127. The SMILES string of the molecule is CCN1CCCC1CNC(=NCc1nnc(C)n1C)NC1CCN(CCOC(C)C)CC1.I. The van der Waals surface area contributed by atoms with Crippen molar-refractivity contribution in [2.24, 2.45) is 12.0 Å². The molecule has 0 aliphatic carbocycles. The fraction of sp³-hybridized carbons (Fsp3) is 0.870. The Balaban J connectivity index is 0.00000385. The Morgan fingerprint density at radius 2 is 1.94 bits per heavy atom. The molecule has 9 nitrogen and oxygen atoms in total. The van der Waals surface area contributed by atoms with Gasteiger partial charge < -0.3 is 24.8 Å². The van der Waals surface area contributed by atoms with Gasteiger partial charge in [-0.25, -0.2) is 4.99 Å². The van der Waals surface area contributed by atoms with Gasteiger partial charge in [0, 0.05) is 45.3 Å². The lowest BCUT2D eigenvalue weighted by Gasteiger charge is -2.33. The predicted molar refractivity (Wildman–Crippen MR) is 144 cm³/mol. The summed E-state index contributed by atoms with van der Waals surface area (Å²) in [5, 5.41) is 15.8. The minimum absolute atomic E-state index is 0. The highest BCUT2D eigenvalue weighted by Gasteiger charge is 2.24. The fourth-order valence-corrected chi connectivity index (χ4v) is 4.56. The Labute approximate surface area is 217 Å². The molecule has 0 spiro atoms. The molecule has 1 atom stereocenters. The van der Waals surface area contributed by atoms with Gasteiger partial charge in [-0.2, -0.15) is 0 Å². The van der Waals surface area contributed by atoms with Crippen molar-refractivity contribution in [3.8, 4) is 0 Å². The summed E-state index contributed by atoms with van der Waals surface area (Å²) in [7, 11) is 2.00. The zero-order valence-corrected chi connectivity index (χ0v) is 23.5. The lowest BCUT2D eigenvalue weighted by molar-refractivity contribution is 0.0532. The van der Waals surface area contributed by atoms with Crippen LogP contribution in [-0.2, 0) is 18.3 Å². The molecule has 33 heavy (non-hydrogen) atoms. The highest BCUT2D eigenvalue weighted by Crippen LogP contribution is 2.16. The summed E-state index contributed by atoms with van der Waals surface area (Å²) in [6.07, 6.45) is 5.09. The Kier molecular flexibility index (Phi) is 12.4. The summed E-state index contributed by atoms with van der Waals surface area (Å²) in [5.74, 6) is 2.70. The number of aromatic nitrogens is 3. The van der Waals surface area contributed by atoms with Crippen LogP contribution in [0.4, 0.5) is 0 Å². The van der Waals surface area contributed by atoms with Crippen LogP contribution in [0.2, 0.25) is 0 Å². The van der Waals surface area contributed by atoms with Crippen molar-refractivity contribution >= 4 is 29.9 Å². The van der Waals surface area contributed by atoms with Gasteiger partial charge in [0.2, 0.25) is 0 Å². The van der Waals surface area contributed by atoms with Crippen molar-refractivity contribution in [1.82, 2.24) is 35.2 Å². The van der Waals surface area contributed by atoms with Crippen molar-refractivity contribution in [3.05, 3.63) is 11.6 Å². The molecule has 3 rings (SSSR count). The number of likely N-dealkylation sites (N-methyl/N-ethyl adjacent to an activating group) is 1. The molecular weight excluding hydrogens is 531 g/mol. The Morgan fingerprint density at radius 3 is 2.58 bits per heavy atom. The van der Waals surface area contributed by atoms with Gasteiger partial charge in [-0.05, 0) is 59.5 Å². The van der Waals surface area contributed by atoms with Crippen molar-refractivity contribution < 1.29 is 4.74 Å². The van der Waals surface area contributed by atoms with E-state index in [2.05, 4.69) is 51.4 Å². The number of likely N-dealkylation sites (tertiary alicyclic amines) is 2. The van der Waals surface area contributed by atoms with Crippen LogP contribution in [0.15, 0.2) is 4.99 Å². The van der Waals surface area contributed by atoms with E-state index in [-0.39, 0.29) is 24.0 Å². The maximum absolute atomic E-state index is 5.72. The molecular formula is C23H45IN8O. The summed E-state index contributed by atoms with van der Waals surface area (Å²) in [6, 6.07) is 1.03. The minimum atomic E-state index is 0. The van der Waals surface area contributed by atoms with E-state index in [1.165, 1.54) is 19.4 Å². The largest absolute Gasteiger partial charge is 0.377 e. The summed E-state index contributed by atoms with van der Waals surface area (Å²) in [4.78, 5) is 9.95. The number of nitrogens with zero attached hydrogens (tertiary/aromatic N) is 6. The molecule has 0 bridgehead atoms. The van der Waals surface area contributed by atoms with Crippen LogP contribution in [0, 0.1) is 6.92 Å². The first-order valence-electron chi connectivity index (χ1n) is 12.4. The van der Waals surface area contributed by atoms with E-state index >= 15 is 0 Å². The first-order valence-corrected chi connectivity index (χ1v) is 12.4. The topological polar surface area (TPSA) is 82.8 Å². The molecule has 1 unspecified atom stereocenters. The van der Waals surface area contributed by atoms with Crippen LogP contribution in [0.3, 0.4) is 0 Å². The van der Waals surface area contributed by atoms with Crippen LogP contribution < -0.4 is 10.6 Å². The van der Waals surface area contributed by atoms with Crippen molar-refractivity contribution in [2.75, 3.05) is 45.9 Å². The molecule has 2 aliphatic heterocycles. The number of rotatable bonds is 10. The molecule has 0 radical (unpaired) electrons. The van der Waals surface area contributed by atoms with Gasteiger partial charge in [0.1, 0.15) is 12.4 Å². The molecule has 0 aromatic carbocycles. The zero-order chi connectivity index (χ0) is 22.9. The van der Waals surface area contributed by atoms with Crippen LogP contribution >= 0.6 is 24.0 Å². The molecule has 2 aliphatic rings. The number of piperidine rings is 1. The Bertz CT molecular complexity index is 717. The second kappa shape index (κ2) is 14.4. The molecule has 2 fully saturated rings. The Morgan fingerprint density at radius 1 is 1.18 bits per heavy atom. The lowest BCUT2D eigenvalue weighted by Crippen LogP contribution is -2.51. The first kappa shape index (κ1) is 28.3. The summed E-state index contributed by atoms with van der Waals surface area (Å²) < 4.78 is 7.72. The van der Waals surface area contributed by atoms with Gasteiger partial charge in [-0.1, -0.05) is 6.92 Å². The van der Waals surface area contributed by atoms with E-state index in [1.54, 1.807) is 0 Å². The monoisotopic (exact) mass is 576 g/mol. The number of hydrogen-bond donors (Lipinski definition) is 2. The average molecular weight is 577 g/mol. The maximum atomic E-state index is 5.72. The highest BCUT2D eigenvalue weighted by molar-refractivity contribution is 14.0. The summed E-state index contributed by atoms with van der Waals surface area (Å²) >= 11 is 0. The zero-order valence-electron chi connectivity index (χ0n) is 21.2. The smallest absolute Gasteiger partial charge is 0.191 e. The number of aryl methyl sites for hydroxylation is 1. The third-order valence-electron chi connectivity index (χ3n) is 6.76. The standard InChI is InChI=1S/C23H44N8O.HI/c1-6-31-11-7-8-21(31)16-24-23(25-17-22-28-27-19(4)29(22)5)26-20-9-12-30(13-10-20)14-15-32-18(2)3;/h18,20-21H,6-17H2,1-5H3,(H2,24,25,26);1H. The quantitative estimate of drug-likeness (QED) is 0.251. The van der Waals surface area contributed by atoms with E-state index in [4.69, 9.17) is 9.73 Å². The van der Waals surface area contributed by atoms with Crippen molar-refractivity contribution in [3.63, 3.8) is 0 Å². The average Bonchev–Trinajstić information content (AvgIpc) is 3.37.